The van der Waals surface area contributed by atoms with Gasteiger partial charge >= 0.3 is 0 Å². The molecule has 1 fully saturated rings. The number of para-hydroxylation sites is 1. The highest BCUT2D eigenvalue weighted by Gasteiger charge is 2.65. The van der Waals surface area contributed by atoms with E-state index in [1.165, 1.54) is 5.56 Å². The van der Waals surface area contributed by atoms with Crippen molar-refractivity contribution in [2.45, 2.75) is 31.5 Å². The lowest BCUT2D eigenvalue weighted by Gasteiger charge is -2.21. The normalized spacial score (nSPS) is 26.0. The molecule has 3 heteroatoms. The van der Waals surface area contributed by atoms with Crippen molar-refractivity contribution in [1.29, 1.82) is 0 Å². The highest BCUT2D eigenvalue weighted by Crippen LogP contribution is 2.54. The lowest BCUT2D eigenvalue weighted by molar-refractivity contribution is 0.0755. The van der Waals surface area contributed by atoms with E-state index in [4.69, 9.17) is 9.47 Å². The standard InChI is InChI=1S/C19H18O3/c1-12(2)13-7-9-14(10-8-13)18-19(22-18)11-21-16-6-4-3-5-15(16)17(19)20/h3-10,12,18H,11H2,1-2H3/t18-,19+/m0/s1. The number of ketones is 1. The summed E-state index contributed by atoms with van der Waals surface area (Å²) in [6.45, 7) is 4.62. The van der Waals surface area contributed by atoms with E-state index in [-0.39, 0.29) is 11.9 Å². The van der Waals surface area contributed by atoms with E-state index in [1.807, 2.05) is 18.2 Å². The van der Waals surface area contributed by atoms with E-state index in [0.717, 1.165) is 5.56 Å². The Morgan fingerprint density at radius 2 is 1.82 bits per heavy atom. The summed E-state index contributed by atoms with van der Waals surface area (Å²) in [6.07, 6.45) is -0.199. The number of hydrogen-bond acceptors (Lipinski definition) is 3. The third-order valence-electron chi connectivity index (χ3n) is 4.56. The number of ether oxygens (including phenoxy) is 2. The molecule has 0 unspecified atom stereocenters. The van der Waals surface area contributed by atoms with Gasteiger partial charge in [-0.1, -0.05) is 50.2 Å². The van der Waals surface area contributed by atoms with Crippen LogP contribution in [0.5, 0.6) is 5.75 Å². The Hall–Kier alpha value is -2.13. The molecule has 22 heavy (non-hydrogen) atoms. The van der Waals surface area contributed by atoms with Crippen molar-refractivity contribution < 1.29 is 14.3 Å². The fourth-order valence-electron chi connectivity index (χ4n) is 3.11. The highest BCUT2D eigenvalue weighted by molar-refractivity contribution is 6.07. The predicted molar refractivity (Wildman–Crippen MR) is 83.4 cm³/mol. The van der Waals surface area contributed by atoms with Crippen LogP contribution >= 0.6 is 0 Å². The number of carbonyl (C=O) groups is 1. The SMILES string of the molecule is CC(C)c1ccc([C@@H]2O[C@@]23COc2ccccc2C3=O)cc1. The number of Topliss-reactive ketones (excluding diaryl/α,β-unsaturated/α-hetero) is 1. The number of epoxide rings is 1. The van der Waals surface area contributed by atoms with Crippen molar-refractivity contribution >= 4 is 5.78 Å². The lowest BCUT2D eigenvalue weighted by atomic mass is 9.89. The van der Waals surface area contributed by atoms with Crippen LogP contribution in [0.2, 0.25) is 0 Å². The zero-order chi connectivity index (χ0) is 15.3. The van der Waals surface area contributed by atoms with Crippen molar-refractivity contribution in [2.75, 3.05) is 6.61 Å². The Kier molecular flexibility index (Phi) is 2.88. The molecule has 4 rings (SSSR count). The van der Waals surface area contributed by atoms with Gasteiger partial charge in [0.25, 0.3) is 0 Å². The van der Waals surface area contributed by atoms with E-state index < -0.39 is 5.60 Å². The molecule has 0 bridgehead atoms. The van der Waals surface area contributed by atoms with Crippen LogP contribution in [0.15, 0.2) is 48.5 Å². The van der Waals surface area contributed by atoms with Crippen molar-refractivity contribution in [3.63, 3.8) is 0 Å². The summed E-state index contributed by atoms with van der Waals surface area (Å²) in [5.41, 5.74) is 2.12. The molecule has 2 aromatic carbocycles. The Balaban J connectivity index is 1.62. The van der Waals surface area contributed by atoms with Gasteiger partial charge in [-0.15, -0.1) is 0 Å². The average molecular weight is 294 g/mol. The number of hydrogen-bond donors (Lipinski definition) is 0. The summed E-state index contributed by atoms with van der Waals surface area (Å²) in [5, 5.41) is 0. The number of benzene rings is 2. The molecule has 2 atom stereocenters. The molecule has 2 aromatic rings. The van der Waals surface area contributed by atoms with Crippen LogP contribution in [0.25, 0.3) is 0 Å². The largest absolute Gasteiger partial charge is 0.489 e. The van der Waals surface area contributed by atoms with Gasteiger partial charge in [0, 0.05) is 0 Å². The van der Waals surface area contributed by atoms with Gasteiger partial charge in [-0.3, -0.25) is 4.79 Å². The quantitative estimate of drug-likeness (QED) is 0.789. The molecule has 112 valence electrons. The lowest BCUT2D eigenvalue weighted by Crippen LogP contribution is -2.37. The highest BCUT2D eigenvalue weighted by atomic mass is 16.6. The summed E-state index contributed by atoms with van der Waals surface area (Å²) in [5.74, 6) is 1.18. The second-order valence-electron chi connectivity index (χ2n) is 6.32. The molecule has 2 heterocycles. The fraction of sp³-hybridized carbons (Fsp3) is 0.316. The van der Waals surface area contributed by atoms with Crippen LogP contribution in [0.1, 0.15) is 47.4 Å². The Labute approximate surface area is 129 Å². The molecule has 2 aliphatic heterocycles. The molecule has 0 aliphatic carbocycles. The Morgan fingerprint density at radius 1 is 1.09 bits per heavy atom. The first-order chi connectivity index (χ1) is 10.6. The molecular formula is C19H18O3. The smallest absolute Gasteiger partial charge is 0.205 e. The minimum absolute atomic E-state index is 0.0345. The summed E-state index contributed by atoms with van der Waals surface area (Å²) in [6, 6.07) is 15.7. The zero-order valence-electron chi connectivity index (χ0n) is 12.7. The van der Waals surface area contributed by atoms with E-state index in [2.05, 4.69) is 38.1 Å². The molecule has 1 saturated heterocycles. The van der Waals surface area contributed by atoms with Crippen LogP contribution in [-0.2, 0) is 4.74 Å². The molecule has 0 N–H and O–H groups in total. The molecule has 0 radical (unpaired) electrons. The van der Waals surface area contributed by atoms with Gasteiger partial charge in [-0.05, 0) is 29.2 Å². The maximum atomic E-state index is 12.8. The van der Waals surface area contributed by atoms with Crippen LogP contribution < -0.4 is 4.74 Å². The average Bonchev–Trinajstić information content (AvgIpc) is 3.27. The third-order valence-corrected chi connectivity index (χ3v) is 4.56. The summed E-state index contributed by atoms with van der Waals surface area (Å²) >= 11 is 0. The van der Waals surface area contributed by atoms with E-state index in [1.54, 1.807) is 6.07 Å². The van der Waals surface area contributed by atoms with Crippen molar-refractivity contribution in [2.24, 2.45) is 0 Å². The van der Waals surface area contributed by atoms with Crippen LogP contribution in [0, 0.1) is 0 Å². The number of rotatable bonds is 2. The first-order valence-electron chi connectivity index (χ1n) is 7.66. The Bertz CT molecular complexity index is 733. The fourth-order valence-corrected chi connectivity index (χ4v) is 3.11. The molecule has 3 nitrogen and oxygen atoms in total. The third kappa shape index (κ3) is 1.89. The maximum Gasteiger partial charge on any atom is 0.205 e. The zero-order valence-corrected chi connectivity index (χ0v) is 12.7. The summed E-state index contributed by atoms with van der Waals surface area (Å²) in [4.78, 5) is 12.8. The minimum atomic E-state index is -0.826. The van der Waals surface area contributed by atoms with Gasteiger partial charge in [0.1, 0.15) is 18.5 Å². The second-order valence-corrected chi connectivity index (χ2v) is 6.32. The van der Waals surface area contributed by atoms with Crippen LogP contribution in [0.4, 0.5) is 0 Å². The minimum Gasteiger partial charge on any atom is -0.489 e. The Morgan fingerprint density at radius 3 is 2.55 bits per heavy atom. The van der Waals surface area contributed by atoms with Gasteiger partial charge in [0.2, 0.25) is 5.78 Å². The van der Waals surface area contributed by atoms with Crippen molar-refractivity contribution in [3.8, 4) is 5.75 Å². The second kappa shape index (κ2) is 4.68. The van der Waals surface area contributed by atoms with Crippen molar-refractivity contribution in [1.82, 2.24) is 0 Å². The summed E-state index contributed by atoms with van der Waals surface area (Å²) in [7, 11) is 0. The summed E-state index contributed by atoms with van der Waals surface area (Å²) < 4.78 is 11.6. The predicted octanol–water partition coefficient (Wildman–Crippen LogP) is 3.90. The molecule has 0 aromatic heterocycles. The van der Waals surface area contributed by atoms with E-state index in [0.29, 0.717) is 23.8 Å². The van der Waals surface area contributed by atoms with Gasteiger partial charge in [-0.25, -0.2) is 0 Å². The first kappa shape index (κ1) is 13.5. The number of carbonyl (C=O) groups excluding carboxylic acids is 1. The van der Waals surface area contributed by atoms with Gasteiger partial charge < -0.3 is 9.47 Å². The van der Waals surface area contributed by atoms with Crippen LogP contribution in [0.3, 0.4) is 0 Å². The van der Waals surface area contributed by atoms with Crippen LogP contribution in [-0.4, -0.2) is 18.0 Å². The first-order valence-corrected chi connectivity index (χ1v) is 7.66. The van der Waals surface area contributed by atoms with E-state index in [9.17, 15) is 4.79 Å². The maximum absolute atomic E-state index is 12.8. The topological polar surface area (TPSA) is 38.8 Å². The van der Waals surface area contributed by atoms with Crippen molar-refractivity contribution in [3.05, 3.63) is 65.2 Å². The molecular weight excluding hydrogens is 276 g/mol. The van der Waals surface area contributed by atoms with Gasteiger partial charge in [0.15, 0.2) is 5.60 Å². The molecule has 1 spiro atoms. The molecule has 0 saturated carbocycles. The van der Waals surface area contributed by atoms with Gasteiger partial charge in [-0.2, -0.15) is 0 Å². The monoisotopic (exact) mass is 294 g/mol. The molecule has 0 amide bonds. The number of fused-ring (bicyclic) bond motifs is 1. The van der Waals surface area contributed by atoms with Gasteiger partial charge in [0.05, 0.1) is 5.56 Å². The molecule has 2 aliphatic rings. The van der Waals surface area contributed by atoms with E-state index >= 15 is 0 Å².